The van der Waals surface area contributed by atoms with Gasteiger partial charge in [0.25, 0.3) is 0 Å². The van der Waals surface area contributed by atoms with Gasteiger partial charge >= 0.3 is 0 Å². The van der Waals surface area contributed by atoms with Gasteiger partial charge in [0, 0.05) is 0 Å². The van der Waals surface area contributed by atoms with Crippen LogP contribution in [0.1, 0.15) is 46.5 Å². The summed E-state index contributed by atoms with van der Waals surface area (Å²) < 4.78 is 4.85. The fourth-order valence-corrected chi connectivity index (χ4v) is 1.44. The van der Waals surface area contributed by atoms with Gasteiger partial charge in [0.1, 0.15) is 0 Å². The molecule has 0 N–H and O–H groups in total. The van der Waals surface area contributed by atoms with Crippen molar-refractivity contribution in [2.24, 2.45) is 0 Å². The molecule has 0 heterocycles. The Morgan fingerprint density at radius 3 is 2.29 bits per heavy atom. The average molecular weight is 234 g/mol. The molecule has 1 nitrogen and oxygen atoms in total. The molecule has 0 aromatic carbocycles. The highest BCUT2D eigenvalue weighted by atomic mass is 16.5. The smallest absolute Gasteiger partial charge is 0.0827 e. The van der Waals surface area contributed by atoms with E-state index in [0.717, 1.165) is 31.3 Å². The molecule has 0 rings (SSSR count). The molecule has 0 aliphatic rings. The van der Waals surface area contributed by atoms with E-state index in [9.17, 15) is 0 Å². The molecule has 0 spiro atoms. The monoisotopic (exact) mass is 234 g/mol. The van der Waals surface area contributed by atoms with Crippen LogP contribution in [-0.4, -0.2) is 7.11 Å². The van der Waals surface area contributed by atoms with Gasteiger partial charge in [-0.15, -0.1) is 0 Å². The number of ether oxygens (including phenoxy) is 1. The van der Waals surface area contributed by atoms with Crippen molar-refractivity contribution in [3.05, 3.63) is 47.8 Å². The summed E-state index contributed by atoms with van der Waals surface area (Å²) in [6.07, 6.45) is 12.6. The first kappa shape index (κ1) is 15.8. The van der Waals surface area contributed by atoms with Crippen molar-refractivity contribution in [3.8, 4) is 0 Å². The normalized spacial score (nSPS) is 11.6. The van der Waals surface area contributed by atoms with Crippen LogP contribution >= 0.6 is 0 Å². The summed E-state index contributed by atoms with van der Waals surface area (Å²) in [4.78, 5) is 0. The standard InChI is InChI=1S/C16H26O/c1-14(2)8-6-9-15(3)10-7-11-16(4)12-13-17-5/h8,10,12-13H,4,6-7,9,11H2,1-3,5H3/b13-12+,15-10-. The highest BCUT2D eigenvalue weighted by Gasteiger charge is 1.91. The zero-order chi connectivity index (χ0) is 13.1. The van der Waals surface area contributed by atoms with Crippen LogP contribution in [0.4, 0.5) is 0 Å². The highest BCUT2D eigenvalue weighted by Crippen LogP contribution is 2.11. The van der Waals surface area contributed by atoms with Crippen LogP contribution in [0.3, 0.4) is 0 Å². The molecule has 0 aliphatic heterocycles. The van der Waals surface area contributed by atoms with Crippen molar-refractivity contribution >= 4 is 0 Å². The van der Waals surface area contributed by atoms with Gasteiger partial charge in [-0.3, -0.25) is 0 Å². The van der Waals surface area contributed by atoms with Crippen molar-refractivity contribution < 1.29 is 4.74 Å². The van der Waals surface area contributed by atoms with Crippen LogP contribution in [0.25, 0.3) is 0 Å². The Labute approximate surface area is 107 Å². The molecule has 0 bridgehead atoms. The SMILES string of the molecule is C=C(/C=C/OC)CC/C=C(/C)CCC=C(C)C. The average Bonchev–Trinajstić information content (AvgIpc) is 2.25. The molecule has 0 atom stereocenters. The Balaban J connectivity index is 3.80. The molecule has 0 radical (unpaired) electrons. The van der Waals surface area contributed by atoms with Gasteiger partial charge in [0.2, 0.25) is 0 Å². The first-order chi connectivity index (χ1) is 8.06. The molecule has 0 aliphatic carbocycles. The van der Waals surface area contributed by atoms with Crippen molar-refractivity contribution in [3.63, 3.8) is 0 Å². The van der Waals surface area contributed by atoms with Crippen molar-refractivity contribution in [2.75, 3.05) is 7.11 Å². The molecule has 0 saturated heterocycles. The van der Waals surface area contributed by atoms with E-state index < -0.39 is 0 Å². The topological polar surface area (TPSA) is 9.23 Å². The van der Waals surface area contributed by atoms with Crippen LogP contribution in [0, 0.1) is 0 Å². The molecular formula is C16H26O. The van der Waals surface area contributed by atoms with Gasteiger partial charge in [-0.1, -0.05) is 35.5 Å². The maximum absolute atomic E-state index is 4.85. The summed E-state index contributed by atoms with van der Waals surface area (Å²) in [5, 5.41) is 0. The minimum absolute atomic E-state index is 1.000. The van der Waals surface area contributed by atoms with Crippen LogP contribution in [0.2, 0.25) is 0 Å². The van der Waals surface area contributed by atoms with E-state index in [1.54, 1.807) is 13.4 Å². The second-order valence-corrected chi connectivity index (χ2v) is 4.61. The second-order valence-electron chi connectivity index (χ2n) is 4.61. The fourth-order valence-electron chi connectivity index (χ4n) is 1.44. The molecular weight excluding hydrogens is 208 g/mol. The van der Waals surface area contributed by atoms with Crippen LogP contribution < -0.4 is 0 Å². The van der Waals surface area contributed by atoms with E-state index >= 15 is 0 Å². The summed E-state index contributed by atoms with van der Waals surface area (Å²) in [5.41, 5.74) is 3.97. The lowest BCUT2D eigenvalue weighted by Gasteiger charge is -2.00. The number of hydrogen-bond acceptors (Lipinski definition) is 1. The van der Waals surface area contributed by atoms with Gasteiger partial charge in [-0.25, -0.2) is 0 Å². The van der Waals surface area contributed by atoms with Crippen LogP contribution in [0.15, 0.2) is 47.8 Å². The molecule has 0 unspecified atom stereocenters. The second kappa shape index (κ2) is 9.95. The third kappa shape index (κ3) is 11.0. The lowest BCUT2D eigenvalue weighted by atomic mass is 10.1. The summed E-state index contributed by atoms with van der Waals surface area (Å²) in [6, 6.07) is 0. The highest BCUT2D eigenvalue weighted by molar-refractivity contribution is 5.14. The summed E-state index contributed by atoms with van der Waals surface area (Å²) in [7, 11) is 1.65. The molecule has 0 amide bonds. The lowest BCUT2D eigenvalue weighted by Crippen LogP contribution is -1.80. The molecule has 0 aromatic rings. The molecule has 0 fully saturated rings. The Kier molecular flexibility index (Phi) is 9.22. The third-order valence-electron chi connectivity index (χ3n) is 2.49. The predicted molar refractivity (Wildman–Crippen MR) is 76.9 cm³/mol. The molecule has 17 heavy (non-hydrogen) atoms. The number of hydrogen-bond donors (Lipinski definition) is 0. The zero-order valence-corrected chi connectivity index (χ0v) is 11.8. The molecule has 0 saturated carbocycles. The van der Waals surface area contributed by atoms with Crippen molar-refractivity contribution in [1.82, 2.24) is 0 Å². The maximum Gasteiger partial charge on any atom is 0.0827 e. The summed E-state index contributed by atoms with van der Waals surface area (Å²) in [5.74, 6) is 0. The molecule has 96 valence electrons. The quantitative estimate of drug-likeness (QED) is 0.319. The van der Waals surface area contributed by atoms with Crippen LogP contribution in [0.5, 0.6) is 0 Å². The van der Waals surface area contributed by atoms with Gasteiger partial charge < -0.3 is 4.74 Å². The largest absolute Gasteiger partial charge is 0.504 e. The first-order valence-electron chi connectivity index (χ1n) is 6.22. The van der Waals surface area contributed by atoms with E-state index in [-0.39, 0.29) is 0 Å². The molecule has 1 heteroatoms. The van der Waals surface area contributed by atoms with E-state index in [4.69, 9.17) is 4.74 Å². The van der Waals surface area contributed by atoms with E-state index in [2.05, 4.69) is 39.5 Å². The zero-order valence-electron chi connectivity index (χ0n) is 11.8. The van der Waals surface area contributed by atoms with Crippen molar-refractivity contribution in [1.29, 1.82) is 0 Å². The molecule has 0 aromatic heterocycles. The maximum atomic E-state index is 4.85. The minimum atomic E-state index is 1.000. The minimum Gasteiger partial charge on any atom is -0.504 e. The van der Waals surface area contributed by atoms with E-state index in [1.807, 2.05) is 6.08 Å². The van der Waals surface area contributed by atoms with Gasteiger partial charge in [-0.2, -0.15) is 0 Å². The fraction of sp³-hybridized carbons (Fsp3) is 0.500. The third-order valence-corrected chi connectivity index (χ3v) is 2.49. The Hall–Kier alpha value is -1.24. The predicted octanol–water partition coefficient (Wildman–Crippen LogP) is 5.18. The van der Waals surface area contributed by atoms with Crippen LogP contribution in [-0.2, 0) is 4.74 Å². The summed E-state index contributed by atoms with van der Waals surface area (Å²) in [6.45, 7) is 10.5. The lowest BCUT2D eigenvalue weighted by molar-refractivity contribution is 0.337. The van der Waals surface area contributed by atoms with Gasteiger partial charge in [0.05, 0.1) is 13.4 Å². The number of rotatable bonds is 8. The Morgan fingerprint density at radius 2 is 1.71 bits per heavy atom. The van der Waals surface area contributed by atoms with Crippen molar-refractivity contribution in [2.45, 2.75) is 46.5 Å². The number of allylic oxidation sites excluding steroid dienone is 6. The first-order valence-corrected chi connectivity index (χ1v) is 6.22. The van der Waals surface area contributed by atoms with Gasteiger partial charge in [-0.05, 0) is 52.5 Å². The van der Waals surface area contributed by atoms with E-state index in [1.165, 1.54) is 11.1 Å². The Bertz CT molecular complexity index is 301. The number of methoxy groups -OCH3 is 1. The summed E-state index contributed by atoms with van der Waals surface area (Å²) >= 11 is 0. The Morgan fingerprint density at radius 1 is 1.06 bits per heavy atom. The van der Waals surface area contributed by atoms with E-state index in [0.29, 0.717) is 0 Å². The van der Waals surface area contributed by atoms with Gasteiger partial charge in [0.15, 0.2) is 0 Å².